The van der Waals surface area contributed by atoms with Gasteiger partial charge in [-0.15, -0.1) is 12.3 Å². The lowest BCUT2D eigenvalue weighted by Crippen LogP contribution is -2.44. The van der Waals surface area contributed by atoms with Crippen LogP contribution in [-0.2, 0) is 16.1 Å². The third kappa shape index (κ3) is 4.16. The molecule has 1 atom stereocenters. The maximum atomic E-state index is 11.5. The molecule has 19 heavy (non-hydrogen) atoms. The Morgan fingerprint density at radius 2 is 2.16 bits per heavy atom. The van der Waals surface area contributed by atoms with Crippen molar-refractivity contribution in [2.45, 2.75) is 19.0 Å². The summed E-state index contributed by atoms with van der Waals surface area (Å²) in [6.07, 6.45) is 4.79. The van der Waals surface area contributed by atoms with E-state index in [4.69, 9.17) is 11.5 Å². The molecule has 1 rings (SSSR count). The Morgan fingerprint density at radius 3 is 2.74 bits per heavy atom. The topological polar surface area (TPSA) is 121 Å². The van der Waals surface area contributed by atoms with E-state index >= 15 is 0 Å². The Kier molecular flexibility index (Phi) is 4.65. The summed E-state index contributed by atoms with van der Waals surface area (Å²) in [6, 6.07) is 0.792. The van der Waals surface area contributed by atoms with Crippen molar-refractivity contribution in [3.8, 4) is 12.3 Å². The van der Waals surface area contributed by atoms with E-state index in [2.05, 4.69) is 16.3 Å². The SMILES string of the molecule is C#CCC(NC(=O)Cn1[nH]c(=O)ccc1=O)C(=O)O. The molecule has 0 spiro atoms. The molecule has 1 aromatic heterocycles. The molecule has 3 N–H and O–H groups in total. The fourth-order valence-electron chi connectivity index (χ4n) is 1.28. The van der Waals surface area contributed by atoms with Gasteiger partial charge in [0.25, 0.3) is 11.1 Å². The minimum atomic E-state index is -1.28. The molecule has 0 radical (unpaired) electrons. The number of aliphatic carboxylic acids is 1. The van der Waals surface area contributed by atoms with E-state index < -0.39 is 35.6 Å². The van der Waals surface area contributed by atoms with Crippen LogP contribution in [0.2, 0.25) is 0 Å². The van der Waals surface area contributed by atoms with Crippen molar-refractivity contribution >= 4 is 11.9 Å². The lowest BCUT2D eigenvalue weighted by molar-refractivity contribution is -0.141. The molecule has 0 aromatic carbocycles. The van der Waals surface area contributed by atoms with Gasteiger partial charge in [0.2, 0.25) is 5.91 Å². The van der Waals surface area contributed by atoms with Crippen molar-refractivity contribution < 1.29 is 14.7 Å². The van der Waals surface area contributed by atoms with Crippen LogP contribution in [0, 0.1) is 12.3 Å². The Balaban J connectivity index is 2.77. The number of carbonyl (C=O) groups excluding carboxylic acids is 1. The largest absolute Gasteiger partial charge is 0.480 e. The lowest BCUT2D eigenvalue weighted by atomic mass is 10.2. The van der Waals surface area contributed by atoms with Gasteiger partial charge in [0.1, 0.15) is 12.6 Å². The molecule has 0 saturated carbocycles. The second-order valence-electron chi connectivity index (χ2n) is 3.60. The average Bonchev–Trinajstić information content (AvgIpc) is 2.33. The minimum absolute atomic E-state index is 0.179. The summed E-state index contributed by atoms with van der Waals surface area (Å²) < 4.78 is 0.770. The number of hydrogen-bond acceptors (Lipinski definition) is 4. The van der Waals surface area contributed by atoms with Crippen LogP contribution in [0.5, 0.6) is 0 Å². The van der Waals surface area contributed by atoms with Gasteiger partial charge in [-0.25, -0.2) is 9.48 Å². The third-order valence-electron chi connectivity index (χ3n) is 2.15. The molecule has 1 amide bonds. The summed E-state index contributed by atoms with van der Waals surface area (Å²) in [7, 11) is 0. The summed E-state index contributed by atoms with van der Waals surface area (Å²) >= 11 is 0. The molecule has 0 aliphatic rings. The van der Waals surface area contributed by atoms with Gasteiger partial charge >= 0.3 is 5.97 Å². The minimum Gasteiger partial charge on any atom is -0.480 e. The number of carboxylic acids is 1. The zero-order chi connectivity index (χ0) is 14.4. The molecule has 100 valence electrons. The molecule has 1 aromatic rings. The highest BCUT2D eigenvalue weighted by atomic mass is 16.4. The smallest absolute Gasteiger partial charge is 0.327 e. The number of hydrogen-bond donors (Lipinski definition) is 3. The molecule has 0 aliphatic heterocycles. The lowest BCUT2D eigenvalue weighted by Gasteiger charge is -2.12. The number of aromatic nitrogens is 2. The van der Waals surface area contributed by atoms with Gasteiger partial charge in [-0.05, 0) is 0 Å². The first-order valence-electron chi connectivity index (χ1n) is 5.20. The van der Waals surface area contributed by atoms with Crippen LogP contribution in [0.4, 0.5) is 0 Å². The van der Waals surface area contributed by atoms with E-state index in [0.29, 0.717) is 0 Å². The van der Waals surface area contributed by atoms with Crippen molar-refractivity contribution in [1.29, 1.82) is 0 Å². The molecule has 0 fully saturated rings. The van der Waals surface area contributed by atoms with Crippen LogP contribution in [0.25, 0.3) is 0 Å². The Morgan fingerprint density at radius 1 is 1.47 bits per heavy atom. The quantitative estimate of drug-likeness (QED) is 0.538. The standard InChI is InChI=1S/C11H11N3O5/c1-2-3-7(11(18)19)12-9(16)6-14-10(17)5-4-8(15)13-14/h1,4-5,7H,3,6H2,(H,12,16)(H,13,15)(H,18,19). The highest BCUT2D eigenvalue weighted by molar-refractivity contribution is 5.83. The Hall–Kier alpha value is -2.82. The van der Waals surface area contributed by atoms with Gasteiger partial charge in [-0.1, -0.05) is 0 Å². The van der Waals surface area contributed by atoms with Gasteiger partial charge in [0.05, 0.1) is 0 Å². The number of nitrogens with zero attached hydrogens (tertiary/aromatic N) is 1. The first kappa shape index (κ1) is 14.2. The highest BCUT2D eigenvalue weighted by Crippen LogP contribution is 1.91. The number of carboxylic acid groups (broad SMARTS) is 1. The molecule has 8 heteroatoms. The molecular formula is C11H11N3O5. The summed E-state index contributed by atoms with van der Waals surface area (Å²) in [5, 5.41) is 13.1. The van der Waals surface area contributed by atoms with Gasteiger partial charge < -0.3 is 10.4 Å². The molecule has 0 aliphatic carbocycles. The predicted octanol–water partition coefficient (Wildman–Crippen LogP) is -1.87. The maximum absolute atomic E-state index is 11.5. The number of terminal acetylenes is 1. The van der Waals surface area contributed by atoms with Crippen LogP contribution >= 0.6 is 0 Å². The fourth-order valence-corrected chi connectivity index (χ4v) is 1.28. The van der Waals surface area contributed by atoms with Crippen LogP contribution in [0.3, 0.4) is 0 Å². The van der Waals surface area contributed by atoms with Gasteiger partial charge in [0, 0.05) is 18.6 Å². The third-order valence-corrected chi connectivity index (χ3v) is 2.15. The Labute approximate surface area is 107 Å². The van der Waals surface area contributed by atoms with E-state index in [1.165, 1.54) is 0 Å². The summed E-state index contributed by atoms with van der Waals surface area (Å²) in [6.45, 7) is -0.497. The van der Waals surface area contributed by atoms with E-state index in [1.807, 2.05) is 0 Å². The first-order chi connectivity index (χ1) is 8.93. The van der Waals surface area contributed by atoms with Crippen LogP contribution in [0.1, 0.15) is 6.42 Å². The van der Waals surface area contributed by atoms with E-state index in [1.54, 1.807) is 0 Å². The molecule has 1 unspecified atom stereocenters. The van der Waals surface area contributed by atoms with Crippen molar-refractivity contribution in [3.63, 3.8) is 0 Å². The van der Waals surface area contributed by atoms with Crippen molar-refractivity contribution in [1.82, 2.24) is 15.1 Å². The summed E-state index contributed by atoms with van der Waals surface area (Å²) in [5.41, 5.74) is -1.13. The van der Waals surface area contributed by atoms with Gasteiger partial charge in [0.15, 0.2) is 0 Å². The number of carbonyl (C=O) groups is 2. The molecule has 0 saturated heterocycles. The molecule has 1 heterocycles. The van der Waals surface area contributed by atoms with Gasteiger partial charge in [-0.3, -0.25) is 19.5 Å². The van der Waals surface area contributed by atoms with Gasteiger partial charge in [-0.2, -0.15) is 0 Å². The number of amides is 1. The van der Waals surface area contributed by atoms with Crippen molar-refractivity contribution in [2.75, 3.05) is 0 Å². The van der Waals surface area contributed by atoms with Crippen LogP contribution < -0.4 is 16.4 Å². The van der Waals surface area contributed by atoms with Crippen LogP contribution in [-0.4, -0.2) is 32.8 Å². The zero-order valence-corrected chi connectivity index (χ0v) is 9.75. The van der Waals surface area contributed by atoms with Crippen molar-refractivity contribution in [2.24, 2.45) is 0 Å². The first-order valence-corrected chi connectivity index (χ1v) is 5.20. The van der Waals surface area contributed by atoms with Crippen LogP contribution in [0.15, 0.2) is 21.7 Å². The van der Waals surface area contributed by atoms with E-state index in [9.17, 15) is 19.2 Å². The predicted molar refractivity (Wildman–Crippen MR) is 64.3 cm³/mol. The second-order valence-corrected chi connectivity index (χ2v) is 3.60. The monoisotopic (exact) mass is 265 g/mol. The summed E-state index contributed by atoms with van der Waals surface area (Å²) in [5.74, 6) is 0.0955. The number of H-pyrrole nitrogens is 1. The number of nitrogens with one attached hydrogen (secondary N) is 2. The Bertz CT molecular complexity index is 637. The number of rotatable bonds is 5. The van der Waals surface area contributed by atoms with E-state index in [0.717, 1.165) is 16.8 Å². The molecule has 0 bridgehead atoms. The molecule has 8 nitrogen and oxygen atoms in total. The average molecular weight is 265 g/mol. The summed E-state index contributed by atoms with van der Waals surface area (Å²) in [4.78, 5) is 44.6. The normalized spacial score (nSPS) is 11.3. The van der Waals surface area contributed by atoms with E-state index in [-0.39, 0.29) is 6.42 Å². The second kappa shape index (κ2) is 6.20. The maximum Gasteiger partial charge on any atom is 0.327 e. The van der Waals surface area contributed by atoms with Crippen molar-refractivity contribution in [3.05, 3.63) is 32.8 Å². The fraction of sp³-hybridized carbons (Fsp3) is 0.273. The molecular weight excluding hydrogens is 254 g/mol. The zero-order valence-electron chi connectivity index (χ0n) is 9.75. The highest BCUT2D eigenvalue weighted by Gasteiger charge is 2.19. The number of aromatic amines is 1.